The van der Waals surface area contributed by atoms with Gasteiger partial charge in [0.1, 0.15) is 5.84 Å². The highest BCUT2D eigenvalue weighted by Gasteiger charge is 2.28. The zero-order valence-corrected chi connectivity index (χ0v) is 16.1. The molecular formula is C19H22N6O2S. The van der Waals surface area contributed by atoms with Crippen LogP contribution in [0.3, 0.4) is 0 Å². The van der Waals surface area contributed by atoms with Crippen molar-refractivity contribution in [1.29, 1.82) is 0 Å². The minimum Gasteiger partial charge on any atom is -0.383 e. The largest absolute Gasteiger partial charge is 0.383 e. The Morgan fingerprint density at radius 3 is 2.68 bits per heavy atom. The molecule has 0 amide bonds. The van der Waals surface area contributed by atoms with Crippen molar-refractivity contribution in [3.8, 4) is 0 Å². The predicted molar refractivity (Wildman–Crippen MR) is 108 cm³/mol. The minimum atomic E-state index is -3.29. The van der Waals surface area contributed by atoms with Gasteiger partial charge in [-0.1, -0.05) is 12.1 Å². The third-order valence-corrected chi connectivity index (χ3v) is 7.27. The summed E-state index contributed by atoms with van der Waals surface area (Å²) in [5, 5.41) is 10.5. The van der Waals surface area contributed by atoms with E-state index in [2.05, 4.69) is 25.5 Å². The molecule has 3 heterocycles. The number of hydrogen-bond acceptors (Lipinski definition) is 6. The van der Waals surface area contributed by atoms with Crippen molar-refractivity contribution in [3.05, 3.63) is 53.9 Å². The smallest absolute Gasteiger partial charge is 0.181 e. The van der Waals surface area contributed by atoms with Gasteiger partial charge in [-0.25, -0.2) is 13.4 Å². The van der Waals surface area contributed by atoms with Crippen LogP contribution in [0.5, 0.6) is 0 Å². The number of aliphatic imine (C=N–C) groups is 1. The van der Waals surface area contributed by atoms with E-state index >= 15 is 0 Å². The van der Waals surface area contributed by atoms with Crippen LogP contribution < -0.4 is 11.1 Å². The number of piperidine rings is 1. The molecule has 9 heteroatoms. The van der Waals surface area contributed by atoms with E-state index in [1.807, 2.05) is 6.07 Å². The Morgan fingerprint density at radius 1 is 1.18 bits per heavy atom. The lowest BCUT2D eigenvalue weighted by Gasteiger charge is -2.22. The van der Waals surface area contributed by atoms with Gasteiger partial charge in [0.2, 0.25) is 0 Å². The molecule has 1 aliphatic heterocycles. The summed E-state index contributed by atoms with van der Waals surface area (Å²) < 4.78 is 25.5. The second-order valence-electron chi connectivity index (χ2n) is 6.87. The molecule has 28 heavy (non-hydrogen) atoms. The molecule has 0 unspecified atom stereocenters. The molecule has 0 atom stereocenters. The van der Waals surface area contributed by atoms with Crippen LogP contribution in [0, 0.1) is 0 Å². The first-order chi connectivity index (χ1) is 13.5. The highest BCUT2D eigenvalue weighted by atomic mass is 32.2. The van der Waals surface area contributed by atoms with Crippen molar-refractivity contribution in [2.45, 2.75) is 29.5 Å². The molecule has 0 bridgehead atoms. The van der Waals surface area contributed by atoms with Crippen molar-refractivity contribution in [2.24, 2.45) is 10.7 Å². The van der Waals surface area contributed by atoms with Crippen molar-refractivity contribution < 1.29 is 8.42 Å². The molecule has 0 saturated carbocycles. The monoisotopic (exact) mass is 398 g/mol. The first kappa shape index (κ1) is 18.6. The fourth-order valence-corrected chi connectivity index (χ4v) is 5.08. The molecule has 2 aromatic heterocycles. The average molecular weight is 398 g/mol. The summed E-state index contributed by atoms with van der Waals surface area (Å²) in [6, 6.07) is 8.79. The Balaban J connectivity index is 1.47. The molecule has 4 rings (SSSR count). The zero-order chi connectivity index (χ0) is 19.6. The maximum atomic E-state index is 12.7. The topological polar surface area (TPSA) is 126 Å². The Kier molecular flexibility index (Phi) is 5.10. The maximum Gasteiger partial charge on any atom is 0.181 e. The van der Waals surface area contributed by atoms with Gasteiger partial charge in [0.15, 0.2) is 15.5 Å². The van der Waals surface area contributed by atoms with Crippen molar-refractivity contribution in [3.63, 3.8) is 0 Å². The van der Waals surface area contributed by atoms with Gasteiger partial charge in [-0.15, -0.1) is 0 Å². The molecule has 3 aromatic rings. The molecule has 1 aromatic carbocycles. The first-order valence-corrected chi connectivity index (χ1v) is 10.7. The molecule has 1 fully saturated rings. The van der Waals surface area contributed by atoms with Crippen LogP contribution in [-0.2, 0) is 16.4 Å². The number of H-pyrrole nitrogens is 1. The molecule has 0 aliphatic carbocycles. The molecule has 0 radical (unpaired) electrons. The third-order valence-electron chi connectivity index (χ3n) is 5.00. The first-order valence-electron chi connectivity index (χ1n) is 9.17. The number of fused-ring (bicyclic) bond motifs is 1. The van der Waals surface area contributed by atoms with Crippen LogP contribution in [0.1, 0.15) is 24.0 Å². The van der Waals surface area contributed by atoms with E-state index < -0.39 is 9.84 Å². The van der Waals surface area contributed by atoms with Crippen LogP contribution in [0.15, 0.2) is 52.6 Å². The number of hydrogen-bond donors (Lipinski definition) is 3. The fraction of sp³-hybridized carbons (Fsp3) is 0.316. The number of nitrogens with two attached hydrogens (primary N) is 1. The Morgan fingerprint density at radius 2 is 1.93 bits per heavy atom. The van der Waals surface area contributed by atoms with Gasteiger partial charge < -0.3 is 11.1 Å². The number of pyridine rings is 1. The second-order valence-corrected chi connectivity index (χ2v) is 9.10. The highest BCUT2D eigenvalue weighted by Crippen LogP contribution is 2.22. The molecule has 0 spiro atoms. The van der Waals surface area contributed by atoms with E-state index in [9.17, 15) is 8.42 Å². The van der Waals surface area contributed by atoms with Crippen LogP contribution in [0.4, 0.5) is 0 Å². The number of aromatic amines is 1. The van der Waals surface area contributed by atoms with E-state index in [-0.39, 0.29) is 5.25 Å². The summed E-state index contributed by atoms with van der Waals surface area (Å²) in [5.41, 5.74) is 8.39. The Bertz CT molecular complexity index is 1100. The van der Waals surface area contributed by atoms with Gasteiger partial charge in [-0.05, 0) is 49.7 Å². The average Bonchev–Trinajstić information content (AvgIpc) is 3.21. The summed E-state index contributed by atoms with van der Waals surface area (Å²) in [4.78, 5) is 9.02. The van der Waals surface area contributed by atoms with Crippen LogP contribution in [0.2, 0.25) is 0 Å². The normalized spacial score (nSPS) is 16.5. The van der Waals surface area contributed by atoms with Crippen molar-refractivity contribution >= 4 is 26.7 Å². The molecule has 4 N–H and O–H groups in total. The number of sulfone groups is 1. The minimum absolute atomic E-state index is 0.307. The molecule has 146 valence electrons. The van der Waals surface area contributed by atoms with Gasteiger partial charge in [-0.3, -0.25) is 10.1 Å². The third kappa shape index (κ3) is 3.76. The van der Waals surface area contributed by atoms with E-state index in [1.54, 1.807) is 36.7 Å². The van der Waals surface area contributed by atoms with Gasteiger partial charge in [-0.2, -0.15) is 5.10 Å². The highest BCUT2D eigenvalue weighted by molar-refractivity contribution is 7.92. The molecule has 1 saturated heterocycles. The maximum absolute atomic E-state index is 12.7. The lowest BCUT2D eigenvalue weighted by atomic mass is 10.2. The zero-order valence-electron chi connectivity index (χ0n) is 15.3. The quantitative estimate of drug-likeness (QED) is 0.440. The molecular weight excluding hydrogens is 376 g/mol. The number of rotatable bonds is 5. The fourth-order valence-electron chi connectivity index (χ4n) is 3.33. The van der Waals surface area contributed by atoms with Gasteiger partial charge in [0.05, 0.1) is 22.9 Å². The lowest BCUT2D eigenvalue weighted by molar-refractivity contribution is 0.496. The standard InChI is InChI=1S/C19H22N6O2S/c20-18(14-9-15-12-24-25-19(15)23-11-14)22-10-13-1-3-16(4-2-13)28(26,27)17-5-7-21-8-6-17/h1-4,9,11-12,17,21H,5-8,10H2,(H2,20,22)(H,23,24,25). The molecule has 1 aliphatic rings. The van der Waals surface area contributed by atoms with E-state index in [0.717, 1.165) is 29.6 Å². The van der Waals surface area contributed by atoms with Gasteiger partial charge in [0, 0.05) is 17.1 Å². The number of benzene rings is 1. The summed E-state index contributed by atoms with van der Waals surface area (Å²) >= 11 is 0. The van der Waals surface area contributed by atoms with Crippen LogP contribution in [-0.4, -0.2) is 47.8 Å². The van der Waals surface area contributed by atoms with E-state index in [1.165, 1.54) is 0 Å². The van der Waals surface area contributed by atoms with Gasteiger partial charge >= 0.3 is 0 Å². The SMILES string of the molecule is NC(=NCc1ccc(S(=O)(=O)C2CCNCC2)cc1)c1cnc2[nH]ncc2c1. The summed E-state index contributed by atoms with van der Waals surface area (Å²) in [7, 11) is -3.29. The second kappa shape index (κ2) is 7.69. The summed E-state index contributed by atoms with van der Waals surface area (Å²) in [6.07, 6.45) is 4.63. The van der Waals surface area contributed by atoms with Crippen molar-refractivity contribution in [1.82, 2.24) is 20.5 Å². The predicted octanol–water partition coefficient (Wildman–Crippen LogP) is 1.39. The Labute approximate surface area is 163 Å². The van der Waals surface area contributed by atoms with Gasteiger partial charge in [0.25, 0.3) is 0 Å². The number of nitrogens with one attached hydrogen (secondary N) is 2. The number of nitrogens with zero attached hydrogens (tertiary/aromatic N) is 3. The number of aromatic nitrogens is 3. The van der Waals surface area contributed by atoms with Crippen molar-refractivity contribution in [2.75, 3.05) is 13.1 Å². The summed E-state index contributed by atoms with van der Waals surface area (Å²) in [5.74, 6) is 0.377. The lowest BCUT2D eigenvalue weighted by Crippen LogP contribution is -2.35. The van der Waals surface area contributed by atoms with Crippen LogP contribution >= 0.6 is 0 Å². The number of amidine groups is 1. The Hall–Kier alpha value is -2.78. The van der Waals surface area contributed by atoms with E-state index in [4.69, 9.17) is 5.73 Å². The summed E-state index contributed by atoms with van der Waals surface area (Å²) in [6.45, 7) is 1.85. The van der Waals surface area contributed by atoms with E-state index in [0.29, 0.717) is 35.8 Å². The van der Waals surface area contributed by atoms with Crippen LogP contribution in [0.25, 0.3) is 11.0 Å². The molecule has 8 nitrogen and oxygen atoms in total.